The number of carbonyl (C=O) groups is 2. The van der Waals surface area contributed by atoms with E-state index in [-0.39, 0.29) is 25.0 Å². The molecule has 0 aliphatic rings. The number of hydrogen-bond acceptors (Lipinski definition) is 5. The van der Waals surface area contributed by atoms with Gasteiger partial charge in [0.1, 0.15) is 0 Å². The second-order valence-electron chi connectivity index (χ2n) is 6.04. The van der Waals surface area contributed by atoms with Crippen LogP contribution >= 0.6 is 0 Å². The molecule has 0 bridgehead atoms. The number of hydrogen-bond donors (Lipinski definition) is 0. The van der Waals surface area contributed by atoms with E-state index < -0.39 is 0 Å². The topological polar surface area (TPSA) is 55.8 Å². The van der Waals surface area contributed by atoms with Crippen molar-refractivity contribution < 1.29 is 19.1 Å². The molecule has 0 heterocycles. The zero-order chi connectivity index (χ0) is 17.3. The molecule has 5 nitrogen and oxygen atoms in total. The van der Waals surface area contributed by atoms with Gasteiger partial charge in [0.05, 0.1) is 27.3 Å². The average molecular weight is 329 g/mol. The zero-order valence-corrected chi connectivity index (χ0v) is 15.3. The Morgan fingerprint density at radius 3 is 1.48 bits per heavy atom. The van der Waals surface area contributed by atoms with Gasteiger partial charge < -0.3 is 9.47 Å². The minimum absolute atomic E-state index is 0.142. The quantitative estimate of drug-likeness (QED) is 0.340. The molecule has 0 saturated carbocycles. The molecule has 0 spiro atoms. The van der Waals surface area contributed by atoms with Crippen LogP contribution in [0.25, 0.3) is 0 Å². The lowest BCUT2D eigenvalue weighted by Gasteiger charge is -2.19. The Morgan fingerprint density at radius 1 is 0.696 bits per heavy atom. The van der Waals surface area contributed by atoms with E-state index >= 15 is 0 Å². The van der Waals surface area contributed by atoms with E-state index in [1.165, 1.54) is 65.6 Å². The summed E-state index contributed by atoms with van der Waals surface area (Å²) in [5.41, 5.74) is 0. The lowest BCUT2D eigenvalue weighted by molar-refractivity contribution is -0.145. The fraction of sp³-hybridized carbons (Fsp3) is 0.889. The smallest absolute Gasteiger partial charge is 0.319 e. The van der Waals surface area contributed by atoms with E-state index in [9.17, 15) is 9.59 Å². The van der Waals surface area contributed by atoms with Crippen LogP contribution in [-0.4, -0.2) is 50.7 Å². The number of esters is 2. The van der Waals surface area contributed by atoms with E-state index in [4.69, 9.17) is 0 Å². The van der Waals surface area contributed by atoms with Crippen LogP contribution in [0.3, 0.4) is 0 Å². The van der Waals surface area contributed by atoms with Crippen LogP contribution in [0, 0.1) is 0 Å². The van der Waals surface area contributed by atoms with E-state index in [0.717, 1.165) is 19.4 Å². The monoisotopic (exact) mass is 329 g/mol. The van der Waals surface area contributed by atoms with Gasteiger partial charge in [0.15, 0.2) is 0 Å². The molecule has 0 radical (unpaired) electrons. The Bertz CT molecular complexity index is 289. The molecular weight excluding hydrogens is 294 g/mol. The molecule has 136 valence electrons. The number of ether oxygens (including phenoxy) is 2. The SMILES string of the molecule is CCCCCCCCCCCCN(CC(=O)OC)CC(=O)OC. The molecule has 0 rings (SSSR count). The first-order valence-electron chi connectivity index (χ1n) is 9.00. The van der Waals surface area contributed by atoms with Crippen molar-refractivity contribution in [2.45, 2.75) is 71.1 Å². The molecule has 0 unspecified atom stereocenters. The number of nitrogens with zero attached hydrogens (tertiary/aromatic N) is 1. The number of methoxy groups -OCH3 is 2. The van der Waals surface area contributed by atoms with Gasteiger partial charge in [0.2, 0.25) is 0 Å². The van der Waals surface area contributed by atoms with E-state index in [2.05, 4.69) is 16.4 Å². The minimum atomic E-state index is -0.319. The fourth-order valence-electron chi connectivity index (χ4n) is 2.53. The Kier molecular flexibility index (Phi) is 15.0. The van der Waals surface area contributed by atoms with Gasteiger partial charge in [0.25, 0.3) is 0 Å². The van der Waals surface area contributed by atoms with Crippen LogP contribution in [0.5, 0.6) is 0 Å². The van der Waals surface area contributed by atoms with Crippen molar-refractivity contribution in [2.75, 3.05) is 33.9 Å². The molecule has 0 aromatic heterocycles. The summed E-state index contributed by atoms with van der Waals surface area (Å²) >= 11 is 0. The molecule has 0 saturated heterocycles. The van der Waals surface area contributed by atoms with Crippen molar-refractivity contribution in [3.05, 3.63) is 0 Å². The zero-order valence-electron chi connectivity index (χ0n) is 15.3. The van der Waals surface area contributed by atoms with Gasteiger partial charge in [0, 0.05) is 0 Å². The van der Waals surface area contributed by atoms with E-state index in [1.807, 2.05) is 0 Å². The summed E-state index contributed by atoms with van der Waals surface area (Å²) in [6.45, 7) is 3.25. The third-order valence-electron chi connectivity index (χ3n) is 3.99. The van der Waals surface area contributed by atoms with Gasteiger partial charge in [-0.2, -0.15) is 0 Å². The molecule has 0 aromatic rings. The van der Waals surface area contributed by atoms with Crippen molar-refractivity contribution in [1.82, 2.24) is 4.90 Å². The Morgan fingerprint density at radius 2 is 1.09 bits per heavy atom. The summed E-state index contributed by atoms with van der Waals surface area (Å²) in [6, 6.07) is 0. The molecule has 0 aliphatic heterocycles. The van der Waals surface area contributed by atoms with Gasteiger partial charge in [-0.15, -0.1) is 0 Å². The van der Waals surface area contributed by atoms with Crippen molar-refractivity contribution in [1.29, 1.82) is 0 Å². The van der Waals surface area contributed by atoms with E-state index in [1.54, 1.807) is 4.90 Å². The highest BCUT2D eigenvalue weighted by molar-refractivity contribution is 5.74. The maximum atomic E-state index is 11.4. The maximum absolute atomic E-state index is 11.4. The molecule has 0 atom stereocenters. The third-order valence-corrected chi connectivity index (χ3v) is 3.99. The number of unbranched alkanes of at least 4 members (excludes halogenated alkanes) is 9. The van der Waals surface area contributed by atoms with Crippen LogP contribution < -0.4 is 0 Å². The fourth-order valence-corrected chi connectivity index (χ4v) is 2.53. The van der Waals surface area contributed by atoms with Crippen LogP contribution in [-0.2, 0) is 19.1 Å². The predicted octanol–water partition coefficient (Wildman–Crippen LogP) is 3.56. The van der Waals surface area contributed by atoms with Gasteiger partial charge in [-0.25, -0.2) is 0 Å². The molecule has 0 N–H and O–H groups in total. The molecule has 0 amide bonds. The summed E-state index contributed by atoms with van der Waals surface area (Å²) in [6.07, 6.45) is 12.7. The van der Waals surface area contributed by atoms with Crippen LogP contribution in [0.15, 0.2) is 0 Å². The van der Waals surface area contributed by atoms with Crippen molar-refractivity contribution in [3.8, 4) is 0 Å². The van der Waals surface area contributed by atoms with Crippen LogP contribution in [0.4, 0.5) is 0 Å². The van der Waals surface area contributed by atoms with Crippen LogP contribution in [0.1, 0.15) is 71.1 Å². The van der Waals surface area contributed by atoms with Crippen LogP contribution in [0.2, 0.25) is 0 Å². The summed E-state index contributed by atoms with van der Waals surface area (Å²) in [7, 11) is 2.72. The van der Waals surface area contributed by atoms with Gasteiger partial charge >= 0.3 is 11.9 Å². The third kappa shape index (κ3) is 14.2. The average Bonchev–Trinajstić information content (AvgIpc) is 2.55. The minimum Gasteiger partial charge on any atom is -0.468 e. The number of carbonyl (C=O) groups excluding carboxylic acids is 2. The van der Waals surface area contributed by atoms with Crippen molar-refractivity contribution >= 4 is 11.9 Å². The predicted molar refractivity (Wildman–Crippen MR) is 92.3 cm³/mol. The van der Waals surface area contributed by atoms with Gasteiger partial charge in [-0.1, -0.05) is 64.7 Å². The summed E-state index contributed by atoms with van der Waals surface area (Å²) in [5.74, 6) is -0.637. The Hall–Kier alpha value is -1.10. The molecule has 23 heavy (non-hydrogen) atoms. The largest absolute Gasteiger partial charge is 0.468 e. The highest BCUT2D eigenvalue weighted by atomic mass is 16.5. The molecule has 0 aliphatic carbocycles. The standard InChI is InChI=1S/C18H35NO4/c1-4-5-6-7-8-9-10-11-12-13-14-19(15-17(20)22-2)16-18(21)23-3/h4-16H2,1-3H3. The van der Waals surface area contributed by atoms with Crippen molar-refractivity contribution in [2.24, 2.45) is 0 Å². The molecule has 0 aromatic carbocycles. The van der Waals surface area contributed by atoms with E-state index in [0.29, 0.717) is 0 Å². The second-order valence-corrected chi connectivity index (χ2v) is 6.04. The number of rotatable bonds is 15. The second kappa shape index (κ2) is 15.8. The Balaban J connectivity index is 3.69. The van der Waals surface area contributed by atoms with Gasteiger partial charge in [-0.3, -0.25) is 14.5 Å². The van der Waals surface area contributed by atoms with Crippen molar-refractivity contribution in [3.63, 3.8) is 0 Å². The summed E-state index contributed by atoms with van der Waals surface area (Å²) in [5, 5.41) is 0. The first-order valence-corrected chi connectivity index (χ1v) is 9.00. The summed E-state index contributed by atoms with van der Waals surface area (Å²) in [4.78, 5) is 24.5. The maximum Gasteiger partial charge on any atom is 0.319 e. The molecule has 0 fully saturated rings. The lowest BCUT2D eigenvalue weighted by atomic mass is 10.1. The summed E-state index contributed by atoms with van der Waals surface area (Å²) < 4.78 is 9.33. The highest BCUT2D eigenvalue weighted by Crippen LogP contribution is 2.10. The normalized spacial score (nSPS) is 10.8. The van der Waals surface area contributed by atoms with Gasteiger partial charge in [-0.05, 0) is 13.0 Å². The highest BCUT2D eigenvalue weighted by Gasteiger charge is 2.14. The Labute approximate surface area is 141 Å². The first kappa shape index (κ1) is 21.9. The lowest BCUT2D eigenvalue weighted by Crippen LogP contribution is -2.36. The molecule has 5 heteroatoms. The molecular formula is C18H35NO4. The first-order chi connectivity index (χ1) is 11.1.